The van der Waals surface area contributed by atoms with Crippen molar-refractivity contribution in [1.82, 2.24) is 5.32 Å². The van der Waals surface area contributed by atoms with E-state index in [1.165, 1.54) is 0 Å². The van der Waals surface area contributed by atoms with Crippen molar-refractivity contribution in [3.63, 3.8) is 0 Å². The van der Waals surface area contributed by atoms with Crippen LogP contribution in [0.4, 0.5) is 0 Å². The maximum Gasteiger partial charge on any atom is 0.223 e. The lowest BCUT2D eigenvalue weighted by Crippen LogP contribution is -2.39. The molecule has 0 saturated heterocycles. The van der Waals surface area contributed by atoms with Crippen LogP contribution in [-0.2, 0) is 4.79 Å². The van der Waals surface area contributed by atoms with Crippen LogP contribution in [-0.4, -0.2) is 28.3 Å². The molecule has 116 valence electrons. The molecule has 1 aliphatic rings. The van der Waals surface area contributed by atoms with E-state index in [0.717, 1.165) is 12.8 Å². The zero-order valence-electron chi connectivity index (χ0n) is 11.6. The second kappa shape index (κ2) is 7.45. The zero-order chi connectivity index (χ0) is 15.4. The predicted octanol–water partition coefficient (Wildman–Crippen LogP) is 2.84. The number of hydrogen-bond acceptors (Lipinski definition) is 3. The third-order valence-corrected chi connectivity index (χ3v) is 4.15. The molecule has 1 saturated carbocycles. The van der Waals surface area contributed by atoms with E-state index in [1.54, 1.807) is 18.2 Å². The lowest BCUT2D eigenvalue weighted by Gasteiger charge is -2.26. The van der Waals surface area contributed by atoms with Gasteiger partial charge >= 0.3 is 0 Å². The normalized spacial score (nSPS) is 23.6. The summed E-state index contributed by atoms with van der Waals surface area (Å²) >= 11 is 11.8. The Morgan fingerprint density at radius 3 is 2.33 bits per heavy atom. The monoisotopic (exact) mass is 331 g/mol. The smallest absolute Gasteiger partial charge is 0.223 e. The number of rotatable bonds is 4. The van der Waals surface area contributed by atoms with Crippen molar-refractivity contribution in [3.05, 3.63) is 33.8 Å². The summed E-state index contributed by atoms with van der Waals surface area (Å²) in [6, 6.07) is 4.85. The van der Waals surface area contributed by atoms with Gasteiger partial charge in [0, 0.05) is 16.1 Å². The van der Waals surface area contributed by atoms with Crippen molar-refractivity contribution in [2.24, 2.45) is 0 Å². The minimum atomic E-state index is -0.935. The largest absolute Gasteiger partial charge is 0.393 e. The van der Waals surface area contributed by atoms with Crippen molar-refractivity contribution in [3.8, 4) is 0 Å². The number of carbonyl (C=O) groups is 1. The quantitative estimate of drug-likeness (QED) is 0.794. The Labute approximate surface area is 134 Å². The number of aliphatic hydroxyl groups excluding tert-OH is 2. The molecule has 0 spiro atoms. The van der Waals surface area contributed by atoms with Gasteiger partial charge in [-0.2, -0.15) is 0 Å². The summed E-state index contributed by atoms with van der Waals surface area (Å²) in [5.41, 5.74) is 0.529. The number of halogens is 2. The molecule has 0 bridgehead atoms. The van der Waals surface area contributed by atoms with Crippen molar-refractivity contribution in [1.29, 1.82) is 0 Å². The van der Waals surface area contributed by atoms with Crippen LogP contribution in [0.1, 0.15) is 43.8 Å². The summed E-state index contributed by atoms with van der Waals surface area (Å²) in [5.74, 6) is -0.208. The summed E-state index contributed by atoms with van der Waals surface area (Å²) in [5, 5.41) is 23.3. The molecular weight excluding hydrogens is 313 g/mol. The van der Waals surface area contributed by atoms with Gasteiger partial charge in [-0.05, 0) is 49.4 Å². The van der Waals surface area contributed by atoms with Crippen LogP contribution in [0.25, 0.3) is 0 Å². The number of benzene rings is 1. The first-order valence-corrected chi connectivity index (χ1v) is 7.81. The molecule has 0 heterocycles. The number of amides is 1. The van der Waals surface area contributed by atoms with E-state index in [2.05, 4.69) is 5.32 Å². The highest BCUT2D eigenvalue weighted by Gasteiger charge is 2.22. The molecular formula is C15H19Cl2NO3. The Morgan fingerprint density at radius 1 is 1.19 bits per heavy atom. The van der Waals surface area contributed by atoms with E-state index in [-0.39, 0.29) is 24.5 Å². The Hall–Kier alpha value is -0.810. The molecule has 1 amide bonds. The molecule has 4 nitrogen and oxygen atoms in total. The molecule has 3 N–H and O–H groups in total. The molecule has 1 aromatic carbocycles. The minimum absolute atomic E-state index is 0.0320. The van der Waals surface area contributed by atoms with Crippen LogP contribution < -0.4 is 5.32 Å². The van der Waals surface area contributed by atoms with Gasteiger partial charge in [0.15, 0.2) is 0 Å². The Morgan fingerprint density at radius 2 is 1.76 bits per heavy atom. The summed E-state index contributed by atoms with van der Waals surface area (Å²) in [4.78, 5) is 11.9. The maximum absolute atomic E-state index is 11.9. The number of aliphatic hydroxyl groups is 2. The SMILES string of the molecule is O=C(CC(O)c1cc(Cl)cc(Cl)c1)NC1CCC(O)CC1. The van der Waals surface area contributed by atoms with Crippen LogP contribution in [0.2, 0.25) is 10.0 Å². The van der Waals surface area contributed by atoms with Gasteiger partial charge in [-0.1, -0.05) is 23.2 Å². The van der Waals surface area contributed by atoms with Gasteiger partial charge in [-0.25, -0.2) is 0 Å². The summed E-state index contributed by atoms with van der Waals surface area (Å²) in [6.45, 7) is 0. The summed E-state index contributed by atoms with van der Waals surface area (Å²) in [7, 11) is 0. The van der Waals surface area contributed by atoms with Crippen LogP contribution in [0, 0.1) is 0 Å². The highest BCUT2D eigenvalue weighted by atomic mass is 35.5. The number of carbonyl (C=O) groups excluding carboxylic acids is 1. The fourth-order valence-corrected chi connectivity index (χ4v) is 3.11. The lowest BCUT2D eigenvalue weighted by molar-refractivity contribution is -0.124. The first-order chi connectivity index (χ1) is 9.94. The Balaban J connectivity index is 1.87. The van der Waals surface area contributed by atoms with E-state index < -0.39 is 6.10 Å². The average molecular weight is 332 g/mol. The fourth-order valence-electron chi connectivity index (χ4n) is 2.57. The van der Waals surface area contributed by atoms with Gasteiger partial charge in [0.1, 0.15) is 0 Å². The van der Waals surface area contributed by atoms with Crippen molar-refractivity contribution in [2.75, 3.05) is 0 Å². The predicted molar refractivity (Wildman–Crippen MR) is 82.4 cm³/mol. The maximum atomic E-state index is 11.9. The van der Waals surface area contributed by atoms with E-state index in [0.29, 0.717) is 28.5 Å². The third-order valence-electron chi connectivity index (χ3n) is 3.71. The van der Waals surface area contributed by atoms with Crippen LogP contribution in [0.15, 0.2) is 18.2 Å². The molecule has 1 unspecified atom stereocenters. The molecule has 0 aliphatic heterocycles. The van der Waals surface area contributed by atoms with Gasteiger partial charge in [-0.15, -0.1) is 0 Å². The van der Waals surface area contributed by atoms with Crippen molar-refractivity contribution >= 4 is 29.1 Å². The summed E-state index contributed by atoms with van der Waals surface area (Å²) < 4.78 is 0. The molecule has 21 heavy (non-hydrogen) atoms. The van der Waals surface area contributed by atoms with Gasteiger partial charge < -0.3 is 15.5 Å². The third kappa shape index (κ3) is 5.15. The van der Waals surface area contributed by atoms with Gasteiger partial charge in [0.05, 0.1) is 18.6 Å². The van der Waals surface area contributed by atoms with E-state index in [9.17, 15) is 15.0 Å². The highest BCUT2D eigenvalue weighted by molar-refractivity contribution is 6.34. The first kappa shape index (κ1) is 16.6. The molecule has 1 aromatic rings. The van der Waals surface area contributed by atoms with Crippen LogP contribution in [0.5, 0.6) is 0 Å². The standard InChI is InChI=1S/C15H19Cl2NO3/c16-10-5-9(6-11(17)7-10)14(20)8-15(21)18-12-1-3-13(19)4-2-12/h5-7,12-14,19-20H,1-4,8H2,(H,18,21). The average Bonchev–Trinajstić information content (AvgIpc) is 2.40. The Kier molecular flexibility index (Phi) is 5.88. The second-order valence-electron chi connectivity index (χ2n) is 5.50. The van der Waals surface area contributed by atoms with Crippen LogP contribution >= 0.6 is 23.2 Å². The summed E-state index contributed by atoms with van der Waals surface area (Å²) in [6.07, 6.45) is 1.73. The Bertz CT molecular complexity index is 481. The van der Waals surface area contributed by atoms with E-state index >= 15 is 0 Å². The van der Waals surface area contributed by atoms with Crippen molar-refractivity contribution < 1.29 is 15.0 Å². The zero-order valence-corrected chi connectivity index (χ0v) is 13.1. The van der Waals surface area contributed by atoms with Crippen molar-refractivity contribution in [2.45, 2.75) is 50.4 Å². The molecule has 0 aromatic heterocycles. The first-order valence-electron chi connectivity index (χ1n) is 7.05. The van der Waals surface area contributed by atoms with E-state index in [4.69, 9.17) is 23.2 Å². The number of hydrogen-bond donors (Lipinski definition) is 3. The molecule has 0 radical (unpaired) electrons. The van der Waals surface area contributed by atoms with Crippen LogP contribution in [0.3, 0.4) is 0 Å². The van der Waals surface area contributed by atoms with Gasteiger partial charge in [0.2, 0.25) is 5.91 Å². The molecule has 6 heteroatoms. The topological polar surface area (TPSA) is 69.6 Å². The van der Waals surface area contributed by atoms with Gasteiger partial charge in [-0.3, -0.25) is 4.79 Å². The molecule has 2 rings (SSSR count). The second-order valence-corrected chi connectivity index (χ2v) is 6.37. The van der Waals surface area contributed by atoms with E-state index in [1.807, 2.05) is 0 Å². The minimum Gasteiger partial charge on any atom is -0.393 e. The lowest BCUT2D eigenvalue weighted by atomic mass is 9.93. The van der Waals surface area contributed by atoms with Gasteiger partial charge in [0.25, 0.3) is 0 Å². The fraction of sp³-hybridized carbons (Fsp3) is 0.533. The molecule has 1 aliphatic carbocycles. The molecule has 1 fully saturated rings. The highest BCUT2D eigenvalue weighted by Crippen LogP contribution is 2.25. The number of nitrogens with one attached hydrogen (secondary N) is 1. The molecule has 1 atom stereocenters.